The molecule has 0 aliphatic heterocycles. The number of hydrogen-bond donors (Lipinski definition) is 2. The molecular formula is C16H25N5. The van der Waals surface area contributed by atoms with E-state index in [4.69, 9.17) is 0 Å². The normalized spacial score (nSPS) is 12.6. The fraction of sp³-hybridized carbons (Fsp3) is 0.500. The third-order valence-electron chi connectivity index (χ3n) is 3.46. The van der Waals surface area contributed by atoms with Gasteiger partial charge in [-0.15, -0.1) is 0 Å². The largest absolute Gasteiger partial charge is 0.383 e. The molecule has 1 aromatic carbocycles. The monoisotopic (exact) mass is 287 g/mol. The summed E-state index contributed by atoms with van der Waals surface area (Å²) in [5.74, 6) is 0.803. The van der Waals surface area contributed by atoms with Gasteiger partial charge in [0.15, 0.2) is 5.82 Å². The molecule has 0 radical (unpaired) electrons. The number of aromatic amines is 1. The fourth-order valence-corrected chi connectivity index (χ4v) is 2.34. The van der Waals surface area contributed by atoms with E-state index in [1.165, 1.54) is 25.6 Å². The summed E-state index contributed by atoms with van der Waals surface area (Å²) in [5.41, 5.74) is 2.18. The Morgan fingerprint density at radius 3 is 2.86 bits per heavy atom. The van der Waals surface area contributed by atoms with Crippen molar-refractivity contribution in [3.05, 3.63) is 30.6 Å². The van der Waals surface area contributed by atoms with Gasteiger partial charge in [-0.3, -0.25) is 5.10 Å². The van der Waals surface area contributed by atoms with Crippen LogP contribution in [0.15, 0.2) is 30.6 Å². The van der Waals surface area contributed by atoms with Crippen LogP contribution in [-0.4, -0.2) is 46.8 Å². The van der Waals surface area contributed by atoms with Crippen molar-refractivity contribution >= 4 is 5.69 Å². The molecule has 114 valence electrons. The van der Waals surface area contributed by atoms with Crippen LogP contribution in [-0.2, 0) is 0 Å². The van der Waals surface area contributed by atoms with Gasteiger partial charge in [-0.05, 0) is 52.5 Å². The standard InChI is InChI=1S/C16H25N5/c1-13(7-4-5-10-21(2)3)19-15-9-6-8-14(11-15)16-17-12-18-20-16/h6,8-9,11-13,19H,4-5,7,10H2,1-3H3,(H,17,18,20). The first-order valence-corrected chi connectivity index (χ1v) is 7.52. The number of hydrogen-bond acceptors (Lipinski definition) is 4. The van der Waals surface area contributed by atoms with Crippen molar-refractivity contribution in [2.24, 2.45) is 0 Å². The minimum absolute atomic E-state index is 0.470. The molecule has 0 saturated carbocycles. The zero-order valence-electron chi connectivity index (χ0n) is 13.1. The topological polar surface area (TPSA) is 56.8 Å². The van der Waals surface area contributed by atoms with E-state index in [9.17, 15) is 0 Å². The molecule has 5 heteroatoms. The van der Waals surface area contributed by atoms with Gasteiger partial charge in [0.2, 0.25) is 0 Å². The number of nitrogens with zero attached hydrogens (tertiary/aromatic N) is 3. The van der Waals surface area contributed by atoms with E-state index in [1.54, 1.807) is 0 Å². The Balaban J connectivity index is 1.84. The second-order valence-electron chi connectivity index (χ2n) is 5.76. The van der Waals surface area contributed by atoms with Gasteiger partial charge in [-0.1, -0.05) is 18.6 Å². The predicted molar refractivity (Wildman–Crippen MR) is 87.3 cm³/mol. The summed E-state index contributed by atoms with van der Waals surface area (Å²) in [6.45, 7) is 3.39. The molecule has 1 unspecified atom stereocenters. The lowest BCUT2D eigenvalue weighted by Gasteiger charge is -2.16. The molecule has 0 spiro atoms. The van der Waals surface area contributed by atoms with E-state index >= 15 is 0 Å². The molecule has 1 atom stereocenters. The van der Waals surface area contributed by atoms with Gasteiger partial charge in [0.05, 0.1) is 0 Å². The first kappa shape index (κ1) is 15.5. The Kier molecular flexibility index (Phi) is 5.75. The molecule has 0 saturated heterocycles. The number of aromatic nitrogens is 3. The van der Waals surface area contributed by atoms with Crippen molar-refractivity contribution in [3.8, 4) is 11.4 Å². The Labute approximate surface area is 126 Å². The average Bonchev–Trinajstić information content (AvgIpc) is 2.98. The fourth-order valence-electron chi connectivity index (χ4n) is 2.34. The maximum atomic E-state index is 4.18. The molecule has 2 rings (SSSR count). The summed E-state index contributed by atoms with van der Waals surface area (Å²) in [7, 11) is 4.24. The van der Waals surface area contributed by atoms with Crippen LogP contribution in [0.3, 0.4) is 0 Å². The minimum Gasteiger partial charge on any atom is -0.383 e. The average molecular weight is 287 g/mol. The first-order chi connectivity index (χ1) is 10.1. The summed E-state index contributed by atoms with van der Waals surface area (Å²) in [6, 6.07) is 8.75. The van der Waals surface area contributed by atoms with Gasteiger partial charge in [0.25, 0.3) is 0 Å². The molecular weight excluding hydrogens is 262 g/mol. The van der Waals surface area contributed by atoms with E-state index < -0.39 is 0 Å². The maximum absolute atomic E-state index is 4.18. The second-order valence-corrected chi connectivity index (χ2v) is 5.76. The summed E-state index contributed by atoms with van der Waals surface area (Å²) < 4.78 is 0. The lowest BCUT2D eigenvalue weighted by Crippen LogP contribution is -2.17. The predicted octanol–water partition coefficient (Wildman–Crippen LogP) is 3.00. The van der Waals surface area contributed by atoms with E-state index in [0.29, 0.717) is 6.04 Å². The van der Waals surface area contributed by atoms with Crippen molar-refractivity contribution in [3.63, 3.8) is 0 Å². The SMILES string of the molecule is CC(CCCCN(C)C)Nc1cccc(-c2ncn[nH]2)c1. The van der Waals surface area contributed by atoms with E-state index in [-0.39, 0.29) is 0 Å². The molecule has 0 aliphatic rings. The molecule has 0 aliphatic carbocycles. The van der Waals surface area contributed by atoms with E-state index in [2.05, 4.69) is 58.5 Å². The Morgan fingerprint density at radius 2 is 2.14 bits per heavy atom. The summed E-state index contributed by atoms with van der Waals surface area (Å²) in [5, 5.41) is 10.3. The highest BCUT2D eigenvalue weighted by molar-refractivity contribution is 5.62. The van der Waals surface area contributed by atoms with Crippen LogP contribution in [0.2, 0.25) is 0 Å². The van der Waals surface area contributed by atoms with Crippen molar-refractivity contribution in [1.29, 1.82) is 0 Å². The van der Waals surface area contributed by atoms with Crippen molar-refractivity contribution in [1.82, 2.24) is 20.1 Å². The summed E-state index contributed by atoms with van der Waals surface area (Å²) in [6.07, 6.45) is 5.20. The zero-order valence-corrected chi connectivity index (χ0v) is 13.1. The summed E-state index contributed by atoms with van der Waals surface area (Å²) in [4.78, 5) is 6.42. The Bertz CT molecular complexity index is 521. The van der Waals surface area contributed by atoms with Gasteiger partial charge in [0, 0.05) is 17.3 Å². The van der Waals surface area contributed by atoms with Gasteiger partial charge in [-0.25, -0.2) is 4.98 Å². The van der Waals surface area contributed by atoms with Gasteiger partial charge < -0.3 is 10.2 Å². The smallest absolute Gasteiger partial charge is 0.155 e. The highest BCUT2D eigenvalue weighted by Crippen LogP contribution is 2.19. The van der Waals surface area contributed by atoms with Crippen LogP contribution in [0, 0.1) is 0 Å². The number of benzene rings is 1. The molecule has 0 amide bonds. The van der Waals surface area contributed by atoms with Crippen LogP contribution in [0.4, 0.5) is 5.69 Å². The second kappa shape index (κ2) is 7.78. The number of rotatable bonds is 8. The molecule has 2 N–H and O–H groups in total. The van der Waals surface area contributed by atoms with Crippen molar-refractivity contribution < 1.29 is 0 Å². The Morgan fingerprint density at radius 1 is 1.29 bits per heavy atom. The molecule has 1 aromatic heterocycles. The summed E-state index contributed by atoms with van der Waals surface area (Å²) >= 11 is 0. The first-order valence-electron chi connectivity index (χ1n) is 7.52. The van der Waals surface area contributed by atoms with E-state index in [1.807, 2.05) is 12.1 Å². The van der Waals surface area contributed by atoms with Crippen LogP contribution < -0.4 is 5.32 Å². The van der Waals surface area contributed by atoms with E-state index in [0.717, 1.165) is 23.6 Å². The number of anilines is 1. The highest BCUT2D eigenvalue weighted by atomic mass is 15.2. The lowest BCUT2D eigenvalue weighted by atomic mass is 10.1. The third-order valence-corrected chi connectivity index (χ3v) is 3.46. The van der Waals surface area contributed by atoms with Crippen molar-refractivity contribution in [2.75, 3.05) is 26.0 Å². The van der Waals surface area contributed by atoms with Gasteiger partial charge in [0.1, 0.15) is 6.33 Å². The molecule has 5 nitrogen and oxygen atoms in total. The number of H-pyrrole nitrogens is 1. The highest BCUT2D eigenvalue weighted by Gasteiger charge is 2.05. The van der Waals surface area contributed by atoms with Crippen LogP contribution in [0.1, 0.15) is 26.2 Å². The van der Waals surface area contributed by atoms with Crippen LogP contribution >= 0.6 is 0 Å². The molecule has 0 fully saturated rings. The number of nitrogens with one attached hydrogen (secondary N) is 2. The Hall–Kier alpha value is -1.88. The lowest BCUT2D eigenvalue weighted by molar-refractivity contribution is 0.389. The zero-order chi connectivity index (χ0) is 15.1. The molecule has 1 heterocycles. The minimum atomic E-state index is 0.470. The maximum Gasteiger partial charge on any atom is 0.155 e. The third kappa shape index (κ3) is 5.19. The number of unbranched alkanes of at least 4 members (excludes halogenated alkanes) is 1. The van der Waals surface area contributed by atoms with Gasteiger partial charge >= 0.3 is 0 Å². The molecule has 2 aromatic rings. The van der Waals surface area contributed by atoms with Crippen molar-refractivity contribution in [2.45, 2.75) is 32.2 Å². The van der Waals surface area contributed by atoms with Crippen LogP contribution in [0.25, 0.3) is 11.4 Å². The molecule has 0 bridgehead atoms. The quantitative estimate of drug-likeness (QED) is 0.733. The van der Waals surface area contributed by atoms with Gasteiger partial charge in [-0.2, -0.15) is 5.10 Å². The molecule has 21 heavy (non-hydrogen) atoms. The van der Waals surface area contributed by atoms with Crippen LogP contribution in [0.5, 0.6) is 0 Å².